The number of H-pyrrole nitrogens is 1. The van der Waals surface area contributed by atoms with Crippen LogP contribution in [0.5, 0.6) is 0 Å². The molecule has 1 aromatic heterocycles. The third-order valence-corrected chi connectivity index (χ3v) is 2.53. The number of carbonyl (C=O) groups is 1. The molecule has 1 fully saturated rings. The van der Waals surface area contributed by atoms with Crippen LogP contribution in [0.25, 0.3) is 0 Å². The molecule has 0 aromatic carbocycles. The summed E-state index contributed by atoms with van der Waals surface area (Å²) in [6.07, 6.45) is 3.78. The van der Waals surface area contributed by atoms with E-state index in [-0.39, 0.29) is 5.56 Å². The van der Waals surface area contributed by atoms with Gasteiger partial charge in [0.15, 0.2) is 0 Å². The molecule has 1 aliphatic rings. The molecule has 2 N–H and O–H groups in total. The minimum Gasteiger partial charge on any atom is -0.478 e. The van der Waals surface area contributed by atoms with Crippen molar-refractivity contribution in [3.8, 4) is 0 Å². The lowest BCUT2D eigenvalue weighted by Crippen LogP contribution is -2.20. The first-order valence-corrected chi connectivity index (χ1v) is 4.75. The Bertz CT molecular complexity index is 329. The van der Waals surface area contributed by atoms with Gasteiger partial charge in [-0.05, 0) is 25.9 Å². The van der Waals surface area contributed by atoms with Gasteiger partial charge in [-0.3, -0.25) is 10.00 Å². The van der Waals surface area contributed by atoms with E-state index in [1.165, 1.54) is 19.0 Å². The van der Waals surface area contributed by atoms with Gasteiger partial charge in [0.1, 0.15) is 5.56 Å². The van der Waals surface area contributed by atoms with Crippen molar-refractivity contribution < 1.29 is 9.90 Å². The molecule has 2 rings (SSSR count). The Morgan fingerprint density at radius 3 is 2.93 bits per heavy atom. The van der Waals surface area contributed by atoms with E-state index in [1.54, 1.807) is 0 Å². The van der Waals surface area contributed by atoms with Gasteiger partial charge >= 0.3 is 5.97 Å². The zero-order valence-electron chi connectivity index (χ0n) is 7.86. The average molecular weight is 195 g/mol. The molecule has 1 aliphatic heterocycles. The first-order chi connectivity index (χ1) is 6.77. The number of carboxylic acid groups (broad SMARTS) is 1. The first-order valence-electron chi connectivity index (χ1n) is 4.75. The van der Waals surface area contributed by atoms with Gasteiger partial charge in [0.25, 0.3) is 0 Å². The minimum atomic E-state index is -0.909. The number of hydrogen-bond donors (Lipinski definition) is 2. The van der Waals surface area contributed by atoms with E-state index in [0.29, 0.717) is 12.2 Å². The Labute approximate surface area is 81.7 Å². The highest BCUT2D eigenvalue weighted by Crippen LogP contribution is 2.13. The number of hydrogen-bond acceptors (Lipinski definition) is 3. The summed E-state index contributed by atoms with van der Waals surface area (Å²) >= 11 is 0. The fourth-order valence-corrected chi connectivity index (χ4v) is 1.78. The van der Waals surface area contributed by atoms with Crippen LogP contribution < -0.4 is 0 Å². The summed E-state index contributed by atoms with van der Waals surface area (Å²) in [7, 11) is 0. The molecule has 1 saturated heterocycles. The summed E-state index contributed by atoms with van der Waals surface area (Å²) < 4.78 is 0. The van der Waals surface area contributed by atoms with E-state index in [1.807, 2.05) is 0 Å². The third kappa shape index (κ3) is 1.77. The predicted molar refractivity (Wildman–Crippen MR) is 50.1 cm³/mol. The van der Waals surface area contributed by atoms with E-state index in [2.05, 4.69) is 15.1 Å². The number of carboxylic acids is 1. The van der Waals surface area contributed by atoms with Crippen molar-refractivity contribution in [3.63, 3.8) is 0 Å². The number of nitrogens with zero attached hydrogens (tertiary/aromatic N) is 2. The quantitative estimate of drug-likeness (QED) is 0.745. The van der Waals surface area contributed by atoms with Crippen molar-refractivity contribution in [1.29, 1.82) is 0 Å². The minimum absolute atomic E-state index is 0.289. The average Bonchev–Trinajstić information content (AvgIpc) is 2.75. The molecule has 0 atom stereocenters. The summed E-state index contributed by atoms with van der Waals surface area (Å²) in [5.41, 5.74) is 0.997. The largest absolute Gasteiger partial charge is 0.478 e. The van der Waals surface area contributed by atoms with Crippen LogP contribution >= 0.6 is 0 Å². The van der Waals surface area contributed by atoms with Crippen LogP contribution in [-0.4, -0.2) is 39.3 Å². The fourth-order valence-electron chi connectivity index (χ4n) is 1.78. The Balaban J connectivity index is 2.07. The molecule has 76 valence electrons. The normalized spacial score (nSPS) is 17.4. The summed E-state index contributed by atoms with van der Waals surface area (Å²) in [6.45, 7) is 2.78. The van der Waals surface area contributed by atoms with Crippen molar-refractivity contribution in [2.75, 3.05) is 13.1 Å². The van der Waals surface area contributed by atoms with Crippen molar-refractivity contribution in [3.05, 3.63) is 17.5 Å². The zero-order valence-corrected chi connectivity index (χ0v) is 7.86. The number of nitrogens with one attached hydrogen (secondary N) is 1. The van der Waals surface area contributed by atoms with Crippen LogP contribution in [0.1, 0.15) is 28.9 Å². The van der Waals surface area contributed by atoms with Crippen LogP contribution in [0.15, 0.2) is 6.20 Å². The second kappa shape index (κ2) is 3.79. The van der Waals surface area contributed by atoms with Gasteiger partial charge in [-0.25, -0.2) is 4.79 Å². The van der Waals surface area contributed by atoms with Crippen LogP contribution in [0, 0.1) is 0 Å². The molecule has 5 heteroatoms. The van der Waals surface area contributed by atoms with Gasteiger partial charge in [-0.15, -0.1) is 0 Å². The molecule has 1 aromatic rings. The highest BCUT2D eigenvalue weighted by molar-refractivity contribution is 5.88. The highest BCUT2D eigenvalue weighted by atomic mass is 16.4. The van der Waals surface area contributed by atoms with Gasteiger partial charge in [0, 0.05) is 6.54 Å². The van der Waals surface area contributed by atoms with Gasteiger partial charge < -0.3 is 5.11 Å². The first kappa shape index (κ1) is 9.21. The number of rotatable bonds is 3. The second-order valence-corrected chi connectivity index (χ2v) is 3.55. The molecule has 0 amide bonds. The number of aromatic nitrogens is 2. The highest BCUT2D eigenvalue weighted by Gasteiger charge is 2.17. The molecule has 0 aliphatic carbocycles. The van der Waals surface area contributed by atoms with Crippen LogP contribution in [0.2, 0.25) is 0 Å². The Morgan fingerprint density at radius 1 is 1.57 bits per heavy atom. The molecule has 0 bridgehead atoms. The van der Waals surface area contributed by atoms with E-state index < -0.39 is 5.97 Å². The molecular weight excluding hydrogens is 182 g/mol. The molecule has 14 heavy (non-hydrogen) atoms. The summed E-state index contributed by atoms with van der Waals surface area (Å²) in [5.74, 6) is -0.909. The molecule has 0 spiro atoms. The standard InChI is InChI=1S/C9H13N3O2/c13-9(14)7-5-10-11-8(7)6-12-3-1-2-4-12/h5H,1-4,6H2,(H,10,11)(H,13,14). The van der Waals surface area contributed by atoms with Crippen molar-refractivity contribution in [2.24, 2.45) is 0 Å². The SMILES string of the molecule is O=C(O)c1cn[nH]c1CN1CCCC1. The van der Waals surface area contributed by atoms with Crippen molar-refractivity contribution in [2.45, 2.75) is 19.4 Å². The van der Waals surface area contributed by atoms with Gasteiger partial charge in [0.05, 0.1) is 11.9 Å². The van der Waals surface area contributed by atoms with Gasteiger partial charge in [-0.2, -0.15) is 5.10 Å². The number of aromatic carboxylic acids is 1. The van der Waals surface area contributed by atoms with Crippen molar-refractivity contribution >= 4 is 5.97 Å². The topological polar surface area (TPSA) is 69.2 Å². The molecule has 0 saturated carbocycles. The maximum absolute atomic E-state index is 10.8. The van der Waals surface area contributed by atoms with E-state index in [4.69, 9.17) is 5.11 Å². The molecular formula is C9H13N3O2. The lowest BCUT2D eigenvalue weighted by Gasteiger charge is -2.13. The smallest absolute Gasteiger partial charge is 0.339 e. The molecule has 0 radical (unpaired) electrons. The Kier molecular flexibility index (Phi) is 2.49. The molecule has 2 heterocycles. The monoisotopic (exact) mass is 195 g/mol. The molecule has 5 nitrogen and oxygen atoms in total. The molecule has 0 unspecified atom stereocenters. The van der Waals surface area contributed by atoms with E-state index >= 15 is 0 Å². The Hall–Kier alpha value is -1.36. The van der Waals surface area contributed by atoms with E-state index in [9.17, 15) is 4.79 Å². The summed E-state index contributed by atoms with van der Waals surface area (Å²) in [6, 6.07) is 0. The van der Waals surface area contributed by atoms with Crippen LogP contribution in [-0.2, 0) is 6.54 Å². The van der Waals surface area contributed by atoms with E-state index in [0.717, 1.165) is 13.1 Å². The maximum Gasteiger partial charge on any atom is 0.339 e. The summed E-state index contributed by atoms with van der Waals surface area (Å²) in [5, 5.41) is 15.3. The van der Waals surface area contributed by atoms with Gasteiger partial charge in [-0.1, -0.05) is 0 Å². The lowest BCUT2D eigenvalue weighted by atomic mass is 10.2. The van der Waals surface area contributed by atoms with Crippen molar-refractivity contribution in [1.82, 2.24) is 15.1 Å². The zero-order chi connectivity index (χ0) is 9.97. The summed E-state index contributed by atoms with van der Waals surface area (Å²) in [4.78, 5) is 13.0. The third-order valence-electron chi connectivity index (χ3n) is 2.53. The fraction of sp³-hybridized carbons (Fsp3) is 0.556. The lowest BCUT2D eigenvalue weighted by molar-refractivity contribution is 0.0695. The second-order valence-electron chi connectivity index (χ2n) is 3.55. The predicted octanol–water partition coefficient (Wildman–Crippen LogP) is 0.704. The maximum atomic E-state index is 10.8. The van der Waals surface area contributed by atoms with Crippen LogP contribution in [0.4, 0.5) is 0 Å². The number of likely N-dealkylation sites (tertiary alicyclic amines) is 1. The van der Waals surface area contributed by atoms with Crippen LogP contribution in [0.3, 0.4) is 0 Å². The Morgan fingerprint density at radius 2 is 2.29 bits per heavy atom. The van der Waals surface area contributed by atoms with Gasteiger partial charge in [0.2, 0.25) is 0 Å². The number of aromatic amines is 1.